The minimum absolute atomic E-state index is 0.0614. The number of rotatable bonds is 4. The smallest absolute Gasteiger partial charge is 0.260 e. The Morgan fingerprint density at radius 3 is 3.08 bits per heavy atom. The van der Waals surface area contributed by atoms with Crippen molar-refractivity contribution < 1.29 is 4.74 Å². The number of H-pyrrole nitrogens is 1. The van der Waals surface area contributed by atoms with E-state index >= 15 is 0 Å². The monoisotopic (exact) mass is 369 g/mol. The lowest BCUT2D eigenvalue weighted by atomic mass is 10.0. The molecule has 0 radical (unpaired) electrons. The molecule has 0 unspecified atom stereocenters. The molecule has 1 atom stereocenters. The second-order valence-corrected chi connectivity index (χ2v) is 7.75. The predicted octanol–water partition coefficient (Wildman–Crippen LogP) is 4.03. The first kappa shape index (κ1) is 17.2. The van der Waals surface area contributed by atoms with E-state index in [2.05, 4.69) is 16.8 Å². The summed E-state index contributed by atoms with van der Waals surface area (Å²) in [7, 11) is 1.65. The van der Waals surface area contributed by atoms with Crippen LogP contribution in [0.15, 0.2) is 34.4 Å². The largest absolute Gasteiger partial charge is 0.497 e. The zero-order valence-electron chi connectivity index (χ0n) is 15.1. The predicted molar refractivity (Wildman–Crippen MR) is 106 cm³/mol. The van der Waals surface area contributed by atoms with E-state index in [1.165, 1.54) is 30.6 Å². The van der Waals surface area contributed by atoms with E-state index in [0.29, 0.717) is 18.0 Å². The van der Waals surface area contributed by atoms with Crippen LogP contribution >= 0.6 is 11.3 Å². The van der Waals surface area contributed by atoms with Crippen LogP contribution in [0.2, 0.25) is 0 Å². The normalized spacial score (nSPS) is 18.3. The van der Waals surface area contributed by atoms with Gasteiger partial charge in [0.05, 0.1) is 19.0 Å². The molecule has 0 aliphatic carbocycles. The third-order valence-electron chi connectivity index (χ3n) is 5.17. The maximum atomic E-state index is 12.8. The molecule has 3 heterocycles. The number of benzene rings is 1. The summed E-state index contributed by atoms with van der Waals surface area (Å²) in [4.78, 5) is 23.8. The Balaban J connectivity index is 1.70. The Morgan fingerprint density at radius 2 is 2.27 bits per heavy atom. The number of nitrogens with zero attached hydrogens (tertiary/aromatic N) is 2. The van der Waals surface area contributed by atoms with Crippen LogP contribution in [0.4, 0.5) is 0 Å². The van der Waals surface area contributed by atoms with Gasteiger partial charge in [-0.2, -0.15) is 0 Å². The fourth-order valence-electron chi connectivity index (χ4n) is 3.66. The molecule has 0 amide bonds. The van der Waals surface area contributed by atoms with Crippen molar-refractivity contribution >= 4 is 21.6 Å². The van der Waals surface area contributed by atoms with Crippen LogP contribution in [-0.4, -0.2) is 34.6 Å². The maximum absolute atomic E-state index is 12.8. The minimum atomic E-state index is -0.0614. The molecule has 0 spiro atoms. The van der Waals surface area contributed by atoms with Gasteiger partial charge in [0.2, 0.25) is 0 Å². The quantitative estimate of drug-likeness (QED) is 0.754. The Labute approximate surface area is 156 Å². The number of likely N-dealkylation sites (tertiary alicyclic amines) is 1. The van der Waals surface area contributed by atoms with Crippen molar-refractivity contribution in [1.29, 1.82) is 0 Å². The van der Waals surface area contributed by atoms with Gasteiger partial charge in [0.15, 0.2) is 0 Å². The lowest BCUT2D eigenvalue weighted by molar-refractivity contribution is 0.149. The van der Waals surface area contributed by atoms with Crippen LogP contribution in [0.25, 0.3) is 21.3 Å². The lowest BCUT2D eigenvalue weighted by Crippen LogP contribution is -2.37. The van der Waals surface area contributed by atoms with Crippen LogP contribution in [-0.2, 0) is 6.54 Å². The van der Waals surface area contributed by atoms with Gasteiger partial charge in [-0.3, -0.25) is 9.69 Å². The highest BCUT2D eigenvalue weighted by atomic mass is 32.1. The molecule has 6 heteroatoms. The summed E-state index contributed by atoms with van der Waals surface area (Å²) in [5.74, 6) is 1.54. The van der Waals surface area contributed by atoms with Crippen molar-refractivity contribution in [2.24, 2.45) is 0 Å². The number of methoxy groups -OCH3 is 1. The topological polar surface area (TPSA) is 58.2 Å². The van der Waals surface area contributed by atoms with Crippen LogP contribution < -0.4 is 10.3 Å². The zero-order valence-corrected chi connectivity index (χ0v) is 15.9. The summed E-state index contributed by atoms with van der Waals surface area (Å²) in [5, 5.41) is 2.67. The minimum Gasteiger partial charge on any atom is -0.497 e. The summed E-state index contributed by atoms with van der Waals surface area (Å²) in [6.45, 7) is 4.03. The third-order valence-corrected chi connectivity index (χ3v) is 6.04. The summed E-state index contributed by atoms with van der Waals surface area (Å²) < 4.78 is 5.31. The first-order valence-corrected chi connectivity index (χ1v) is 9.92. The number of aromatic nitrogens is 2. The van der Waals surface area contributed by atoms with Gasteiger partial charge in [-0.05, 0) is 44.0 Å². The van der Waals surface area contributed by atoms with Crippen molar-refractivity contribution in [3.8, 4) is 16.9 Å². The Kier molecular flexibility index (Phi) is 4.78. The van der Waals surface area contributed by atoms with Crippen LogP contribution in [0, 0.1) is 0 Å². The van der Waals surface area contributed by atoms with Gasteiger partial charge < -0.3 is 9.72 Å². The molecule has 136 valence electrons. The molecule has 1 aliphatic rings. The molecule has 5 nitrogen and oxygen atoms in total. The number of hydrogen-bond donors (Lipinski definition) is 1. The Hall–Kier alpha value is -2.18. The second kappa shape index (κ2) is 7.21. The SMILES string of the molecule is COc1cccc(-c2csc3nc(CN4CCCC[C@H]4C)[nH]c(=O)c23)c1. The number of piperidine rings is 1. The average molecular weight is 369 g/mol. The number of ether oxygens (including phenoxy) is 1. The van der Waals surface area contributed by atoms with Crippen LogP contribution in [0.1, 0.15) is 32.0 Å². The zero-order chi connectivity index (χ0) is 18.1. The molecule has 1 aliphatic heterocycles. The van der Waals surface area contributed by atoms with E-state index in [9.17, 15) is 4.79 Å². The van der Waals surface area contributed by atoms with Gasteiger partial charge in [0.25, 0.3) is 5.56 Å². The van der Waals surface area contributed by atoms with Gasteiger partial charge >= 0.3 is 0 Å². The molecule has 1 N–H and O–H groups in total. The Bertz CT molecular complexity index is 979. The molecule has 0 saturated carbocycles. The summed E-state index contributed by atoms with van der Waals surface area (Å²) in [5.41, 5.74) is 1.82. The third kappa shape index (κ3) is 3.27. The molecule has 3 aromatic rings. The highest BCUT2D eigenvalue weighted by molar-refractivity contribution is 7.17. The highest BCUT2D eigenvalue weighted by Gasteiger charge is 2.20. The second-order valence-electron chi connectivity index (χ2n) is 6.89. The van der Waals surface area contributed by atoms with Gasteiger partial charge in [-0.15, -0.1) is 11.3 Å². The highest BCUT2D eigenvalue weighted by Crippen LogP contribution is 2.32. The molecule has 2 aromatic heterocycles. The fourth-order valence-corrected chi connectivity index (χ4v) is 4.62. The van der Waals surface area contributed by atoms with E-state index in [1.54, 1.807) is 7.11 Å². The molecular weight excluding hydrogens is 346 g/mol. The molecule has 1 aromatic carbocycles. The molecule has 4 rings (SSSR count). The molecule has 0 bridgehead atoms. The van der Waals surface area contributed by atoms with E-state index in [4.69, 9.17) is 9.72 Å². The van der Waals surface area contributed by atoms with E-state index < -0.39 is 0 Å². The van der Waals surface area contributed by atoms with Crippen molar-refractivity contribution in [2.45, 2.75) is 38.8 Å². The van der Waals surface area contributed by atoms with Gasteiger partial charge in [-0.25, -0.2) is 4.98 Å². The average Bonchev–Trinajstić information content (AvgIpc) is 3.08. The summed E-state index contributed by atoms with van der Waals surface area (Å²) in [6.07, 6.45) is 3.72. The van der Waals surface area contributed by atoms with Crippen LogP contribution in [0.3, 0.4) is 0 Å². The van der Waals surface area contributed by atoms with E-state index in [-0.39, 0.29) is 5.56 Å². The number of aromatic amines is 1. The van der Waals surface area contributed by atoms with E-state index in [1.807, 2.05) is 29.6 Å². The molecular formula is C20H23N3O2S. The molecule has 1 fully saturated rings. The number of fused-ring (bicyclic) bond motifs is 1. The standard InChI is InChI=1S/C20H23N3O2S/c1-13-6-3-4-9-23(13)11-17-21-19(24)18-16(12-26-20(18)22-17)14-7-5-8-15(10-14)25-2/h5,7-8,10,12-13H,3-4,6,9,11H2,1-2H3,(H,21,22,24)/t13-/m1/s1. The maximum Gasteiger partial charge on any atom is 0.260 e. The van der Waals surface area contributed by atoms with Crippen molar-refractivity contribution in [2.75, 3.05) is 13.7 Å². The lowest BCUT2D eigenvalue weighted by Gasteiger charge is -2.32. The number of thiophene rings is 1. The van der Waals surface area contributed by atoms with Crippen molar-refractivity contribution in [1.82, 2.24) is 14.9 Å². The van der Waals surface area contributed by atoms with Gasteiger partial charge in [0.1, 0.15) is 16.4 Å². The van der Waals surface area contributed by atoms with Gasteiger partial charge in [-0.1, -0.05) is 18.6 Å². The Morgan fingerprint density at radius 1 is 1.38 bits per heavy atom. The fraction of sp³-hybridized carbons (Fsp3) is 0.400. The number of nitrogens with one attached hydrogen (secondary N) is 1. The van der Waals surface area contributed by atoms with Crippen LogP contribution in [0.5, 0.6) is 5.75 Å². The van der Waals surface area contributed by atoms with Crippen molar-refractivity contribution in [3.05, 3.63) is 45.8 Å². The first-order chi connectivity index (χ1) is 12.7. The van der Waals surface area contributed by atoms with Crippen molar-refractivity contribution in [3.63, 3.8) is 0 Å². The van der Waals surface area contributed by atoms with E-state index in [0.717, 1.165) is 34.1 Å². The molecule has 1 saturated heterocycles. The summed E-state index contributed by atoms with van der Waals surface area (Å²) >= 11 is 1.52. The summed E-state index contributed by atoms with van der Waals surface area (Å²) in [6, 6.07) is 8.32. The first-order valence-electron chi connectivity index (χ1n) is 9.04. The number of hydrogen-bond acceptors (Lipinski definition) is 5. The molecule has 26 heavy (non-hydrogen) atoms. The van der Waals surface area contributed by atoms with Gasteiger partial charge in [0, 0.05) is 17.0 Å².